The summed E-state index contributed by atoms with van der Waals surface area (Å²) in [5.74, 6) is 0.200. The highest BCUT2D eigenvalue weighted by molar-refractivity contribution is 6.06. The maximum atomic E-state index is 12.4. The number of amides is 1. The Morgan fingerprint density at radius 3 is 2.50 bits per heavy atom. The first-order valence-electron chi connectivity index (χ1n) is 6.96. The van der Waals surface area contributed by atoms with E-state index in [9.17, 15) is 4.79 Å². The first kappa shape index (κ1) is 14.5. The number of nitrogens with zero attached hydrogens (tertiary/aromatic N) is 3. The van der Waals surface area contributed by atoms with Crippen molar-refractivity contribution in [2.45, 2.75) is 46.6 Å². The molecular formula is C15H22N4O. The van der Waals surface area contributed by atoms with E-state index < -0.39 is 0 Å². The van der Waals surface area contributed by atoms with E-state index >= 15 is 0 Å². The molecule has 0 aliphatic carbocycles. The molecule has 0 spiro atoms. The molecule has 0 radical (unpaired) electrons. The van der Waals surface area contributed by atoms with Crippen LogP contribution in [0.2, 0.25) is 0 Å². The minimum Gasteiger partial charge on any atom is -0.350 e. The van der Waals surface area contributed by atoms with Crippen LogP contribution in [0, 0.1) is 6.92 Å². The largest absolute Gasteiger partial charge is 0.350 e. The number of aryl methyl sites for hydroxylation is 2. The number of pyridine rings is 1. The van der Waals surface area contributed by atoms with E-state index in [1.54, 1.807) is 4.68 Å². The maximum absolute atomic E-state index is 12.4. The van der Waals surface area contributed by atoms with Crippen LogP contribution in [-0.2, 0) is 7.05 Å². The third kappa shape index (κ3) is 2.53. The van der Waals surface area contributed by atoms with E-state index in [4.69, 9.17) is 0 Å². The van der Waals surface area contributed by atoms with Crippen molar-refractivity contribution in [3.63, 3.8) is 0 Å². The Bertz CT molecular complexity index is 655. The average Bonchev–Trinajstić information content (AvgIpc) is 2.63. The fourth-order valence-electron chi connectivity index (χ4n) is 2.28. The lowest BCUT2D eigenvalue weighted by atomic mass is 10.0. The highest BCUT2D eigenvalue weighted by Crippen LogP contribution is 2.24. The van der Waals surface area contributed by atoms with Gasteiger partial charge in [-0.15, -0.1) is 0 Å². The highest BCUT2D eigenvalue weighted by Gasteiger charge is 2.19. The van der Waals surface area contributed by atoms with Crippen LogP contribution in [0.1, 0.15) is 55.4 Å². The lowest BCUT2D eigenvalue weighted by Crippen LogP contribution is -2.30. The Labute approximate surface area is 119 Å². The Balaban J connectivity index is 2.69. The molecule has 0 atom stereocenters. The van der Waals surface area contributed by atoms with E-state index in [1.807, 2.05) is 33.9 Å². The fourth-order valence-corrected chi connectivity index (χ4v) is 2.28. The van der Waals surface area contributed by atoms with Gasteiger partial charge in [-0.1, -0.05) is 13.8 Å². The highest BCUT2D eigenvalue weighted by atomic mass is 16.1. The van der Waals surface area contributed by atoms with E-state index in [0.717, 1.165) is 22.4 Å². The smallest absolute Gasteiger partial charge is 0.252 e. The van der Waals surface area contributed by atoms with Gasteiger partial charge in [0, 0.05) is 18.8 Å². The Kier molecular flexibility index (Phi) is 3.79. The van der Waals surface area contributed by atoms with Gasteiger partial charge >= 0.3 is 0 Å². The minimum atomic E-state index is -0.0644. The molecule has 0 saturated heterocycles. The number of fused-ring (bicyclic) bond motifs is 1. The molecule has 2 heterocycles. The van der Waals surface area contributed by atoms with Crippen molar-refractivity contribution in [2.75, 3.05) is 0 Å². The predicted octanol–water partition coefficient (Wildman–Crippen LogP) is 2.54. The zero-order valence-electron chi connectivity index (χ0n) is 13.0. The van der Waals surface area contributed by atoms with E-state index in [-0.39, 0.29) is 17.9 Å². The van der Waals surface area contributed by atoms with Gasteiger partial charge in [0.1, 0.15) is 0 Å². The molecule has 0 aromatic carbocycles. The number of hydrogen-bond donors (Lipinski definition) is 1. The molecule has 0 aliphatic heterocycles. The molecular weight excluding hydrogens is 252 g/mol. The standard InChI is InChI=1S/C15H22N4O/c1-8(2)12-7-11(15(20)16-9(3)4)13-10(5)18-19(6)14(13)17-12/h7-9H,1-6H3,(H,16,20). The second-order valence-electron chi connectivity index (χ2n) is 5.79. The van der Waals surface area contributed by atoms with Gasteiger partial charge < -0.3 is 5.32 Å². The van der Waals surface area contributed by atoms with Crippen molar-refractivity contribution in [1.29, 1.82) is 0 Å². The lowest BCUT2D eigenvalue weighted by Gasteiger charge is -2.12. The number of rotatable bonds is 3. The van der Waals surface area contributed by atoms with Crippen LogP contribution in [0.25, 0.3) is 11.0 Å². The van der Waals surface area contributed by atoms with Crippen LogP contribution in [-0.4, -0.2) is 26.7 Å². The molecule has 0 aliphatic rings. The van der Waals surface area contributed by atoms with Gasteiger partial charge in [0.2, 0.25) is 0 Å². The zero-order chi connectivity index (χ0) is 15.0. The summed E-state index contributed by atoms with van der Waals surface area (Å²) < 4.78 is 1.74. The van der Waals surface area contributed by atoms with Crippen LogP contribution in [0.15, 0.2) is 6.07 Å². The summed E-state index contributed by atoms with van der Waals surface area (Å²) in [4.78, 5) is 17.1. The predicted molar refractivity (Wildman–Crippen MR) is 79.9 cm³/mol. The summed E-state index contributed by atoms with van der Waals surface area (Å²) in [6, 6.07) is 1.99. The first-order chi connectivity index (χ1) is 9.31. The van der Waals surface area contributed by atoms with Crippen molar-refractivity contribution >= 4 is 16.9 Å². The second-order valence-corrected chi connectivity index (χ2v) is 5.79. The van der Waals surface area contributed by atoms with Gasteiger partial charge in [-0.3, -0.25) is 9.48 Å². The molecule has 0 saturated carbocycles. The van der Waals surface area contributed by atoms with Crippen LogP contribution < -0.4 is 5.32 Å². The molecule has 0 unspecified atom stereocenters. The topological polar surface area (TPSA) is 59.8 Å². The zero-order valence-corrected chi connectivity index (χ0v) is 13.0. The summed E-state index contributed by atoms with van der Waals surface area (Å²) in [5, 5.41) is 8.18. The number of nitrogens with one attached hydrogen (secondary N) is 1. The van der Waals surface area contributed by atoms with E-state index in [2.05, 4.69) is 29.2 Å². The molecule has 5 heteroatoms. The molecule has 5 nitrogen and oxygen atoms in total. The number of carbonyl (C=O) groups is 1. The fraction of sp³-hybridized carbons (Fsp3) is 0.533. The molecule has 20 heavy (non-hydrogen) atoms. The SMILES string of the molecule is Cc1nn(C)c2nc(C(C)C)cc(C(=O)NC(C)C)c12. The van der Waals surface area contributed by atoms with Crippen molar-refractivity contribution in [1.82, 2.24) is 20.1 Å². The summed E-state index contributed by atoms with van der Waals surface area (Å²) in [5.41, 5.74) is 3.18. The van der Waals surface area contributed by atoms with E-state index in [1.165, 1.54) is 0 Å². The van der Waals surface area contributed by atoms with Gasteiger partial charge in [0.25, 0.3) is 5.91 Å². The molecule has 2 rings (SSSR count). The van der Waals surface area contributed by atoms with Crippen molar-refractivity contribution in [3.8, 4) is 0 Å². The number of aromatic nitrogens is 3. The van der Waals surface area contributed by atoms with Crippen molar-refractivity contribution in [2.24, 2.45) is 7.05 Å². The molecule has 0 bridgehead atoms. The number of hydrogen-bond acceptors (Lipinski definition) is 3. The maximum Gasteiger partial charge on any atom is 0.252 e. The molecule has 1 amide bonds. The van der Waals surface area contributed by atoms with Crippen LogP contribution in [0.3, 0.4) is 0 Å². The van der Waals surface area contributed by atoms with Gasteiger partial charge in [0.05, 0.1) is 16.6 Å². The van der Waals surface area contributed by atoms with Gasteiger partial charge in [0.15, 0.2) is 5.65 Å². The first-order valence-corrected chi connectivity index (χ1v) is 6.96. The Morgan fingerprint density at radius 2 is 1.95 bits per heavy atom. The Morgan fingerprint density at radius 1 is 1.30 bits per heavy atom. The summed E-state index contributed by atoms with van der Waals surface area (Å²) in [6.07, 6.45) is 0. The normalized spacial score (nSPS) is 11.6. The third-order valence-corrected chi connectivity index (χ3v) is 3.24. The summed E-state index contributed by atoms with van der Waals surface area (Å²) in [7, 11) is 1.86. The lowest BCUT2D eigenvalue weighted by molar-refractivity contribution is 0.0944. The second kappa shape index (κ2) is 5.23. The molecule has 0 fully saturated rings. The summed E-state index contributed by atoms with van der Waals surface area (Å²) in [6.45, 7) is 9.96. The number of carbonyl (C=O) groups excluding carboxylic acids is 1. The van der Waals surface area contributed by atoms with Crippen molar-refractivity contribution in [3.05, 3.63) is 23.0 Å². The molecule has 1 N–H and O–H groups in total. The van der Waals surface area contributed by atoms with Gasteiger partial charge in [-0.05, 0) is 32.8 Å². The summed E-state index contributed by atoms with van der Waals surface area (Å²) >= 11 is 0. The molecule has 2 aromatic heterocycles. The van der Waals surface area contributed by atoms with Gasteiger partial charge in [-0.25, -0.2) is 4.98 Å². The molecule has 2 aromatic rings. The monoisotopic (exact) mass is 274 g/mol. The van der Waals surface area contributed by atoms with Gasteiger partial charge in [-0.2, -0.15) is 5.10 Å². The Hall–Kier alpha value is -1.91. The van der Waals surface area contributed by atoms with Crippen LogP contribution >= 0.6 is 0 Å². The third-order valence-electron chi connectivity index (χ3n) is 3.24. The average molecular weight is 274 g/mol. The van der Waals surface area contributed by atoms with Crippen LogP contribution in [0.4, 0.5) is 0 Å². The van der Waals surface area contributed by atoms with E-state index in [0.29, 0.717) is 5.56 Å². The minimum absolute atomic E-state index is 0.0644. The van der Waals surface area contributed by atoms with Crippen LogP contribution in [0.5, 0.6) is 0 Å². The quantitative estimate of drug-likeness (QED) is 0.935. The van der Waals surface area contributed by atoms with Crippen molar-refractivity contribution < 1.29 is 4.79 Å². The molecule has 108 valence electrons.